The molecular weight excluding hydrogens is 460 g/mol. The molecule has 10 heteroatoms. The van der Waals surface area contributed by atoms with Crippen molar-refractivity contribution in [2.45, 2.75) is 90.8 Å². The molecule has 0 aromatic carbocycles. The van der Waals surface area contributed by atoms with Crippen molar-refractivity contribution in [2.24, 2.45) is 23.7 Å². The fourth-order valence-electron chi connectivity index (χ4n) is 4.43. The van der Waals surface area contributed by atoms with Crippen LogP contribution in [0.4, 0.5) is 0 Å². The van der Waals surface area contributed by atoms with E-state index in [0.29, 0.717) is 0 Å². The maximum atomic E-state index is 12.4. The summed E-state index contributed by atoms with van der Waals surface area (Å²) < 4.78 is 21.5. The molecule has 0 aromatic heterocycles. The first-order valence-corrected chi connectivity index (χ1v) is 12.2. The van der Waals surface area contributed by atoms with Gasteiger partial charge in [0.05, 0.1) is 12.4 Å². The van der Waals surface area contributed by atoms with Crippen molar-refractivity contribution in [3.05, 3.63) is 11.8 Å². The van der Waals surface area contributed by atoms with Crippen LogP contribution in [-0.2, 0) is 33.3 Å². The van der Waals surface area contributed by atoms with Crippen LogP contribution in [0.5, 0.6) is 0 Å². The van der Waals surface area contributed by atoms with E-state index in [4.69, 9.17) is 18.9 Å². The number of aliphatic hydroxyl groups excluding tert-OH is 1. The minimum absolute atomic E-state index is 0.0125. The van der Waals surface area contributed by atoms with Crippen LogP contribution in [-0.4, -0.2) is 70.0 Å². The fourth-order valence-corrected chi connectivity index (χ4v) is 4.43. The van der Waals surface area contributed by atoms with Crippen molar-refractivity contribution in [3.8, 4) is 0 Å². The average molecular weight is 501 g/mol. The Morgan fingerprint density at radius 2 is 1.46 bits per heavy atom. The lowest BCUT2D eigenvalue weighted by molar-refractivity contribution is -0.239. The third-order valence-corrected chi connectivity index (χ3v) is 6.13. The van der Waals surface area contributed by atoms with Crippen LogP contribution in [0.3, 0.4) is 0 Å². The SMILES string of the molecule is CC(C)CC(=O)OCC1=CO[C@H](OC(=O)CC(C)C)[C@H]2C1(O)C[C@@H](O)[C@]2(O)COC(=O)CC(C)C. The lowest BCUT2D eigenvalue weighted by Crippen LogP contribution is -2.59. The van der Waals surface area contributed by atoms with E-state index in [9.17, 15) is 29.7 Å². The Hall–Kier alpha value is -2.17. The molecule has 1 heterocycles. The Bertz CT molecular complexity index is 804. The molecule has 200 valence electrons. The molecule has 0 aromatic rings. The molecule has 5 atom stereocenters. The molecular formula is C25H40O10. The number of esters is 3. The summed E-state index contributed by atoms with van der Waals surface area (Å²) in [5.41, 5.74) is -4.04. The Kier molecular flexibility index (Phi) is 9.72. The largest absolute Gasteiger partial charge is 0.462 e. The molecule has 2 aliphatic rings. The summed E-state index contributed by atoms with van der Waals surface area (Å²) in [6.45, 7) is 10.0. The summed E-state index contributed by atoms with van der Waals surface area (Å²) in [5.74, 6) is -3.02. The summed E-state index contributed by atoms with van der Waals surface area (Å²) in [5, 5.41) is 34.0. The molecule has 0 radical (unpaired) electrons. The number of hydrogen-bond acceptors (Lipinski definition) is 10. The molecule has 1 aliphatic heterocycles. The highest BCUT2D eigenvalue weighted by Gasteiger charge is 2.69. The van der Waals surface area contributed by atoms with Gasteiger partial charge < -0.3 is 34.3 Å². The van der Waals surface area contributed by atoms with Crippen LogP contribution in [0.1, 0.15) is 67.2 Å². The third-order valence-electron chi connectivity index (χ3n) is 6.13. The van der Waals surface area contributed by atoms with Gasteiger partial charge >= 0.3 is 17.9 Å². The predicted molar refractivity (Wildman–Crippen MR) is 123 cm³/mol. The van der Waals surface area contributed by atoms with Crippen LogP contribution in [0.25, 0.3) is 0 Å². The number of fused-ring (bicyclic) bond motifs is 1. The second-order valence-corrected chi connectivity index (χ2v) is 10.9. The van der Waals surface area contributed by atoms with E-state index in [-0.39, 0.29) is 55.6 Å². The van der Waals surface area contributed by atoms with Crippen molar-refractivity contribution in [3.63, 3.8) is 0 Å². The first-order chi connectivity index (χ1) is 16.2. The molecule has 1 unspecified atom stereocenters. The van der Waals surface area contributed by atoms with Gasteiger partial charge in [0, 0.05) is 31.3 Å². The number of aliphatic hydroxyl groups is 3. The van der Waals surface area contributed by atoms with Crippen LogP contribution in [0.15, 0.2) is 11.8 Å². The highest BCUT2D eigenvalue weighted by atomic mass is 16.7. The Morgan fingerprint density at radius 1 is 0.943 bits per heavy atom. The molecule has 1 aliphatic carbocycles. The number of rotatable bonds is 11. The molecule has 35 heavy (non-hydrogen) atoms. The van der Waals surface area contributed by atoms with Gasteiger partial charge in [-0.15, -0.1) is 0 Å². The minimum Gasteiger partial charge on any atom is -0.462 e. The Labute approximate surface area is 206 Å². The smallest absolute Gasteiger partial charge is 0.309 e. The lowest BCUT2D eigenvalue weighted by Gasteiger charge is -2.43. The monoisotopic (exact) mass is 500 g/mol. The highest BCUT2D eigenvalue weighted by Crippen LogP contribution is 2.52. The van der Waals surface area contributed by atoms with Crippen molar-refractivity contribution < 1.29 is 48.7 Å². The van der Waals surface area contributed by atoms with Crippen molar-refractivity contribution in [1.82, 2.24) is 0 Å². The van der Waals surface area contributed by atoms with Gasteiger partial charge in [0.2, 0.25) is 0 Å². The van der Waals surface area contributed by atoms with Crippen LogP contribution >= 0.6 is 0 Å². The molecule has 0 bridgehead atoms. The molecule has 1 fully saturated rings. The van der Waals surface area contributed by atoms with Gasteiger partial charge in [-0.25, -0.2) is 0 Å². The highest BCUT2D eigenvalue weighted by molar-refractivity contribution is 5.70. The zero-order valence-electron chi connectivity index (χ0n) is 21.5. The molecule has 10 nitrogen and oxygen atoms in total. The second-order valence-electron chi connectivity index (χ2n) is 10.9. The van der Waals surface area contributed by atoms with Crippen molar-refractivity contribution in [2.75, 3.05) is 13.2 Å². The first-order valence-electron chi connectivity index (χ1n) is 12.2. The number of carbonyl (C=O) groups is 3. The van der Waals surface area contributed by atoms with E-state index in [1.54, 1.807) is 0 Å². The summed E-state index contributed by atoms with van der Waals surface area (Å²) >= 11 is 0. The molecule has 1 saturated carbocycles. The maximum absolute atomic E-state index is 12.4. The average Bonchev–Trinajstić information content (AvgIpc) is 2.90. The van der Waals surface area contributed by atoms with Gasteiger partial charge in [-0.2, -0.15) is 0 Å². The van der Waals surface area contributed by atoms with Gasteiger partial charge in [0.25, 0.3) is 6.29 Å². The topological polar surface area (TPSA) is 149 Å². The summed E-state index contributed by atoms with van der Waals surface area (Å²) in [7, 11) is 0. The number of ether oxygens (including phenoxy) is 4. The quantitative estimate of drug-likeness (QED) is 0.283. The molecule has 3 N–H and O–H groups in total. The minimum atomic E-state index is -2.19. The Balaban J connectivity index is 2.32. The number of carbonyl (C=O) groups excluding carboxylic acids is 3. The lowest BCUT2D eigenvalue weighted by atomic mass is 9.77. The standard InChI is InChI=1S/C25H40O10/c1-14(2)7-19(27)32-11-17-12-33-23(35-21(29)9-16(5)6)22-24(17,30)10-18(26)25(22,31)13-34-20(28)8-15(3)4/h12,14-16,18,22-23,26,30-31H,7-11,13H2,1-6H3/t18-,22+,23-,24?,25-/m1/s1. The zero-order chi connectivity index (χ0) is 26.6. The zero-order valence-corrected chi connectivity index (χ0v) is 21.5. The van der Waals surface area contributed by atoms with Gasteiger partial charge in [-0.1, -0.05) is 41.5 Å². The van der Waals surface area contributed by atoms with Gasteiger partial charge in [-0.05, 0) is 17.8 Å². The van der Waals surface area contributed by atoms with E-state index in [0.717, 1.165) is 6.26 Å². The van der Waals surface area contributed by atoms with Crippen LogP contribution in [0.2, 0.25) is 0 Å². The molecule has 0 amide bonds. The van der Waals surface area contributed by atoms with E-state index >= 15 is 0 Å². The van der Waals surface area contributed by atoms with E-state index < -0.39 is 54.0 Å². The van der Waals surface area contributed by atoms with Gasteiger partial charge in [0.15, 0.2) is 0 Å². The number of hydrogen-bond donors (Lipinski definition) is 3. The van der Waals surface area contributed by atoms with Gasteiger partial charge in [0.1, 0.15) is 30.3 Å². The van der Waals surface area contributed by atoms with Crippen LogP contribution < -0.4 is 0 Å². The fraction of sp³-hybridized carbons (Fsp3) is 0.800. The van der Waals surface area contributed by atoms with E-state index in [1.165, 1.54) is 0 Å². The predicted octanol–water partition coefficient (Wildman–Crippen LogP) is 1.84. The third kappa shape index (κ3) is 7.17. The maximum Gasteiger partial charge on any atom is 0.309 e. The molecule has 2 rings (SSSR count). The summed E-state index contributed by atoms with van der Waals surface area (Å²) in [6.07, 6.45) is -1.91. The van der Waals surface area contributed by atoms with Crippen LogP contribution in [0, 0.1) is 23.7 Å². The molecule has 0 saturated heterocycles. The molecule has 0 spiro atoms. The van der Waals surface area contributed by atoms with E-state index in [2.05, 4.69) is 0 Å². The summed E-state index contributed by atoms with van der Waals surface area (Å²) in [4.78, 5) is 36.6. The van der Waals surface area contributed by atoms with Crippen molar-refractivity contribution in [1.29, 1.82) is 0 Å². The van der Waals surface area contributed by atoms with Gasteiger partial charge in [-0.3, -0.25) is 14.4 Å². The second kappa shape index (κ2) is 11.7. The Morgan fingerprint density at radius 3 is 2.00 bits per heavy atom. The first kappa shape index (κ1) is 29.1. The van der Waals surface area contributed by atoms with Crippen molar-refractivity contribution >= 4 is 17.9 Å². The van der Waals surface area contributed by atoms with E-state index in [1.807, 2.05) is 41.5 Å². The summed E-state index contributed by atoms with van der Waals surface area (Å²) in [6, 6.07) is 0. The normalized spacial score (nSPS) is 30.1.